The highest BCUT2D eigenvalue weighted by atomic mass is 79.9. The first-order valence-corrected chi connectivity index (χ1v) is 35.4. The van der Waals surface area contributed by atoms with Crippen molar-refractivity contribution in [1.29, 1.82) is 0 Å². The van der Waals surface area contributed by atoms with E-state index in [2.05, 4.69) is 320 Å². The monoisotopic (exact) mass is 1380 g/mol. The van der Waals surface area contributed by atoms with Gasteiger partial charge in [0.25, 0.3) is 0 Å². The first-order valence-electron chi connectivity index (χ1n) is 29.2. The normalized spacial score (nSPS) is 9.93. The predicted octanol–water partition coefficient (Wildman–Crippen LogP) is 14.6. The molecule has 0 aliphatic heterocycles. The van der Waals surface area contributed by atoms with Crippen molar-refractivity contribution in [3.63, 3.8) is 0 Å². The van der Waals surface area contributed by atoms with Crippen LogP contribution >= 0.6 is 46.4 Å². The summed E-state index contributed by atoms with van der Waals surface area (Å²) in [6, 6.07) is 66.4. The smallest absolute Gasteiger partial charge is 0.119 e. The van der Waals surface area contributed by atoms with Crippen molar-refractivity contribution in [3.05, 3.63) is 218 Å². The van der Waals surface area contributed by atoms with Gasteiger partial charge in [-0.15, -0.1) is 0 Å². The maximum absolute atomic E-state index is 9.17. The summed E-state index contributed by atoms with van der Waals surface area (Å²) in [6.07, 6.45) is 30.4. The van der Waals surface area contributed by atoms with E-state index in [9.17, 15) is 9.59 Å². The van der Waals surface area contributed by atoms with Crippen molar-refractivity contribution in [2.24, 2.45) is 0 Å². The Bertz CT molecular complexity index is 1840. The van der Waals surface area contributed by atoms with E-state index in [0.717, 1.165) is 23.2 Å². The summed E-state index contributed by atoms with van der Waals surface area (Å²) in [4.78, 5) is 18.3. The molecule has 80 heavy (non-hydrogen) atoms. The topological polar surface area (TPSA) is 34.1 Å². The third-order valence-electron chi connectivity index (χ3n) is 10.9. The number of halogens is 4. The van der Waals surface area contributed by atoms with Gasteiger partial charge in [-0.1, -0.05) is 261 Å². The molecule has 0 spiro atoms. The molecular formula is C72H106Br4O2P2. The van der Waals surface area contributed by atoms with Crippen molar-refractivity contribution in [2.75, 3.05) is 23.0 Å². The van der Waals surface area contributed by atoms with Gasteiger partial charge < -0.3 is 43.6 Å². The lowest BCUT2D eigenvalue weighted by Gasteiger charge is -2.27. The van der Waals surface area contributed by atoms with Gasteiger partial charge in [-0.05, 0) is 137 Å². The van der Waals surface area contributed by atoms with E-state index >= 15 is 0 Å². The zero-order chi connectivity index (χ0) is 58.6. The highest BCUT2D eigenvalue weighted by Gasteiger charge is 2.45. The van der Waals surface area contributed by atoms with Gasteiger partial charge in [-0.3, -0.25) is 0 Å². The molecule has 2 nitrogen and oxygen atoms in total. The van der Waals surface area contributed by atoms with Crippen LogP contribution in [0.25, 0.3) is 0 Å². The van der Waals surface area contributed by atoms with Crippen LogP contribution in [0, 0.1) is 0 Å². The number of rotatable bonds is 20. The Morgan fingerprint density at radius 1 is 0.275 bits per heavy atom. The van der Waals surface area contributed by atoms with Crippen LogP contribution in [-0.2, 0) is 9.59 Å². The van der Waals surface area contributed by atoms with Crippen LogP contribution in [0.5, 0.6) is 0 Å². The minimum absolute atomic E-state index is 0. The largest absolute Gasteiger partial charge is 1.00 e. The number of hydrogen-bond acceptors (Lipinski definition) is 2. The van der Waals surface area contributed by atoms with Crippen molar-refractivity contribution < 1.29 is 43.6 Å². The predicted molar refractivity (Wildman–Crippen MR) is 371 cm³/mol. The molecule has 6 aromatic carbocycles. The van der Waals surface area contributed by atoms with Crippen molar-refractivity contribution in [3.8, 4) is 0 Å². The number of alkyl halides is 2. The van der Waals surface area contributed by atoms with Gasteiger partial charge in [0, 0.05) is 23.5 Å². The maximum Gasteiger partial charge on any atom is 0.119 e. The SMILES string of the molecule is CC/C=C/CC.CC/C=C\CC.CC/C=C\CC.CCC=O.CCC=O.CCCBr.CCCBr.CCC[P+](c1ccccc1)(c1ccccc1)c1ccccc1.CCC[P+](c1ccccc1)(c1ccccc1)c1ccccc1.[Br-].[Br-]. The molecule has 0 saturated heterocycles. The Kier molecular flexibility index (Phi) is 69.2. The van der Waals surface area contributed by atoms with E-state index in [-0.39, 0.29) is 34.0 Å². The summed E-state index contributed by atoms with van der Waals surface area (Å²) in [5.74, 6) is 0. The van der Waals surface area contributed by atoms with Gasteiger partial charge in [0.2, 0.25) is 0 Å². The highest BCUT2D eigenvalue weighted by molar-refractivity contribution is 9.09. The summed E-state index contributed by atoms with van der Waals surface area (Å²) in [6.45, 7) is 25.4. The third-order valence-corrected chi connectivity index (χ3v) is 21.8. The minimum Gasteiger partial charge on any atom is -1.00 e. The van der Waals surface area contributed by atoms with E-state index in [0.29, 0.717) is 12.8 Å². The molecule has 8 heteroatoms. The van der Waals surface area contributed by atoms with E-state index in [4.69, 9.17) is 0 Å². The Labute approximate surface area is 531 Å². The minimum atomic E-state index is -1.55. The summed E-state index contributed by atoms with van der Waals surface area (Å²) in [7, 11) is -3.11. The van der Waals surface area contributed by atoms with Crippen LogP contribution in [0.3, 0.4) is 0 Å². The van der Waals surface area contributed by atoms with Crippen molar-refractivity contribution in [2.45, 2.75) is 160 Å². The molecule has 6 aromatic rings. The molecule has 0 atom stereocenters. The van der Waals surface area contributed by atoms with E-state index in [1.54, 1.807) is 0 Å². The molecule has 0 fully saturated rings. The second-order valence-electron chi connectivity index (χ2n) is 17.5. The second-order valence-corrected chi connectivity index (χ2v) is 26.3. The lowest BCUT2D eigenvalue weighted by molar-refractivity contribution is -0.108. The van der Waals surface area contributed by atoms with E-state index in [1.165, 1.54) is 108 Å². The highest BCUT2D eigenvalue weighted by Crippen LogP contribution is 2.56. The van der Waals surface area contributed by atoms with Crippen LogP contribution in [0.2, 0.25) is 0 Å². The van der Waals surface area contributed by atoms with Crippen LogP contribution in [-0.4, -0.2) is 35.6 Å². The van der Waals surface area contributed by atoms with Gasteiger partial charge in [0.1, 0.15) is 58.9 Å². The molecule has 0 saturated carbocycles. The third kappa shape index (κ3) is 39.2. The van der Waals surface area contributed by atoms with Gasteiger partial charge >= 0.3 is 0 Å². The number of carbonyl (C=O) groups excluding carboxylic acids is 2. The van der Waals surface area contributed by atoms with Crippen LogP contribution in [0.15, 0.2) is 218 Å². The van der Waals surface area contributed by atoms with Crippen LogP contribution < -0.4 is 65.8 Å². The van der Waals surface area contributed by atoms with E-state index in [1.807, 2.05) is 13.8 Å². The van der Waals surface area contributed by atoms with Crippen LogP contribution in [0.4, 0.5) is 0 Å². The molecule has 0 bridgehead atoms. The van der Waals surface area contributed by atoms with Gasteiger partial charge in [-0.2, -0.15) is 0 Å². The van der Waals surface area contributed by atoms with Gasteiger partial charge in [-0.25, -0.2) is 0 Å². The molecule has 0 heterocycles. The first kappa shape index (κ1) is 85.5. The van der Waals surface area contributed by atoms with Crippen molar-refractivity contribution >= 4 is 90.8 Å². The summed E-state index contributed by atoms with van der Waals surface area (Å²) >= 11 is 6.50. The lowest BCUT2D eigenvalue weighted by Crippen LogP contribution is -3.00. The maximum atomic E-state index is 9.17. The fourth-order valence-electron chi connectivity index (χ4n) is 7.43. The molecule has 0 aromatic heterocycles. The summed E-state index contributed by atoms with van der Waals surface area (Å²) < 4.78 is 0. The summed E-state index contributed by atoms with van der Waals surface area (Å²) in [5.41, 5.74) is 0. The fraction of sp³-hybridized carbons (Fsp3) is 0.389. The molecule has 0 radical (unpaired) electrons. The van der Waals surface area contributed by atoms with E-state index < -0.39 is 14.5 Å². The number of hydrogen-bond donors (Lipinski definition) is 0. The van der Waals surface area contributed by atoms with Crippen molar-refractivity contribution in [1.82, 2.24) is 0 Å². The first-order chi connectivity index (χ1) is 38.2. The Hall–Kier alpha value is -3.34. The summed E-state index contributed by atoms with van der Waals surface area (Å²) in [5, 5.41) is 11.1. The lowest BCUT2D eigenvalue weighted by atomic mass is 10.4. The number of allylic oxidation sites excluding steroid dienone is 6. The molecule has 0 aliphatic rings. The zero-order valence-corrected chi connectivity index (χ0v) is 59.6. The molecule has 0 N–H and O–H groups in total. The average molecular weight is 1390 g/mol. The number of benzene rings is 6. The van der Waals surface area contributed by atoms with Gasteiger partial charge in [0.05, 0.1) is 12.3 Å². The number of carbonyl (C=O) groups is 2. The zero-order valence-electron chi connectivity index (χ0n) is 51.5. The van der Waals surface area contributed by atoms with Gasteiger partial charge in [0.15, 0.2) is 0 Å². The number of aldehydes is 2. The molecule has 0 unspecified atom stereocenters. The molecule has 6 rings (SSSR count). The van der Waals surface area contributed by atoms with Crippen LogP contribution in [0.1, 0.15) is 160 Å². The Balaban J connectivity index is -0.000000297. The molecule has 444 valence electrons. The Morgan fingerprint density at radius 2 is 0.412 bits per heavy atom. The fourth-order valence-corrected chi connectivity index (χ4v) is 16.2. The average Bonchev–Trinajstić information content (AvgIpc) is 3.52. The quantitative estimate of drug-likeness (QED) is 0.0330. The standard InChI is InChI=1S/2C21H22P.3C6H12.2C3H7Br.2C3H6O.2BrH/c2*1-2-18-22(19-12-6-3-7-13-19,20-14-8-4-9-15-20)21-16-10-5-11-17-21;3*1-3-5-6-4-2;4*1-2-3-4;;/h2*3-17H,2,18H2,1H3;3*5-6H,3-4H2,1-2H3;2*2-3H2,1H3;2*3H,2H2,1H3;2*1H/q2*+1;;;;;;;;;/p-2/b;;6-5+;2*6-5-;;;;;;. The molecule has 0 aliphatic carbocycles. The molecule has 0 amide bonds. The molecular weight excluding hydrogens is 1280 g/mol. The second kappa shape index (κ2) is 64.8. The Morgan fingerprint density at radius 3 is 0.500 bits per heavy atom.